The Bertz CT molecular complexity index is 747. The van der Waals surface area contributed by atoms with Crippen LogP contribution in [0.4, 0.5) is 0 Å². The molecule has 100 valence electrons. The van der Waals surface area contributed by atoms with Gasteiger partial charge in [0.2, 0.25) is 10.0 Å². The quantitative estimate of drug-likeness (QED) is 0.752. The average molecular weight is 278 g/mol. The van der Waals surface area contributed by atoms with Crippen LogP contribution < -0.4 is 10.6 Å². The van der Waals surface area contributed by atoms with Crippen LogP contribution in [-0.2, 0) is 14.8 Å². The van der Waals surface area contributed by atoms with Gasteiger partial charge in [-0.25, -0.2) is 13.4 Å². The molecule has 2 aliphatic rings. The smallest absolute Gasteiger partial charge is 0.267 e. The van der Waals surface area contributed by atoms with E-state index in [0.29, 0.717) is 23.7 Å². The van der Waals surface area contributed by atoms with Crippen molar-refractivity contribution in [2.45, 2.75) is 24.2 Å². The molecule has 0 saturated carbocycles. The van der Waals surface area contributed by atoms with Gasteiger partial charge >= 0.3 is 0 Å². The van der Waals surface area contributed by atoms with Gasteiger partial charge in [-0.3, -0.25) is 4.79 Å². The van der Waals surface area contributed by atoms with Crippen LogP contribution in [-0.4, -0.2) is 31.7 Å². The molecule has 0 aliphatic carbocycles. The Hall–Kier alpha value is -1.53. The van der Waals surface area contributed by atoms with Crippen LogP contribution in [0.5, 0.6) is 0 Å². The third-order valence-electron chi connectivity index (χ3n) is 3.46. The standard InChI is InChI=1S/C13H14N2O3S/c16-13-9-10-8-11(4-5-12(10)14-13)19(17,18)15-6-2-1-3-7-15/h4-5,8-9H,1-3,6-7H2. The van der Waals surface area contributed by atoms with Crippen molar-refractivity contribution < 1.29 is 13.2 Å². The molecule has 5 nitrogen and oxygen atoms in total. The lowest BCUT2D eigenvalue weighted by Crippen LogP contribution is -2.36. The Morgan fingerprint density at radius 1 is 1.11 bits per heavy atom. The first kappa shape index (κ1) is 12.5. The molecule has 1 amide bonds. The van der Waals surface area contributed by atoms with E-state index in [1.807, 2.05) is 0 Å². The SMILES string of the molecule is O=C1C=c2cc(S(=O)(=O)N3CCCCC3)ccc2=N1. The van der Waals surface area contributed by atoms with Gasteiger partial charge in [0.15, 0.2) is 0 Å². The number of fused-ring (bicyclic) bond motifs is 1. The Kier molecular flexibility index (Phi) is 2.99. The molecule has 0 unspecified atom stereocenters. The largest absolute Gasteiger partial charge is 0.270 e. The van der Waals surface area contributed by atoms with Gasteiger partial charge in [-0.1, -0.05) is 6.42 Å². The van der Waals surface area contributed by atoms with Gasteiger partial charge < -0.3 is 0 Å². The van der Waals surface area contributed by atoms with Gasteiger partial charge in [-0.15, -0.1) is 0 Å². The summed E-state index contributed by atoms with van der Waals surface area (Å²) in [7, 11) is -3.44. The summed E-state index contributed by atoms with van der Waals surface area (Å²) in [5, 5.41) is 1.13. The van der Waals surface area contributed by atoms with E-state index < -0.39 is 10.0 Å². The molecule has 19 heavy (non-hydrogen) atoms. The number of hydrogen-bond donors (Lipinski definition) is 0. The van der Waals surface area contributed by atoms with Crippen molar-refractivity contribution in [3.63, 3.8) is 0 Å². The number of piperidine rings is 1. The molecule has 1 fully saturated rings. The van der Waals surface area contributed by atoms with Gasteiger partial charge in [-0.05, 0) is 31.0 Å². The second-order valence-electron chi connectivity index (χ2n) is 4.78. The predicted octanol–water partition coefficient (Wildman–Crippen LogP) is -0.199. The summed E-state index contributed by atoms with van der Waals surface area (Å²) < 4.78 is 26.5. The zero-order valence-corrected chi connectivity index (χ0v) is 11.2. The lowest BCUT2D eigenvalue weighted by molar-refractivity contribution is -0.112. The van der Waals surface area contributed by atoms with Crippen molar-refractivity contribution in [1.82, 2.24) is 4.31 Å². The first-order valence-corrected chi connectivity index (χ1v) is 7.76. The number of rotatable bonds is 2. The zero-order chi connectivity index (χ0) is 13.5. The van der Waals surface area contributed by atoms with Crippen LogP contribution in [0.1, 0.15) is 19.3 Å². The van der Waals surface area contributed by atoms with E-state index in [4.69, 9.17) is 0 Å². The Morgan fingerprint density at radius 2 is 1.84 bits per heavy atom. The fraction of sp³-hybridized carbons (Fsp3) is 0.385. The summed E-state index contributed by atoms with van der Waals surface area (Å²) in [6, 6.07) is 4.65. The van der Waals surface area contributed by atoms with Gasteiger partial charge in [0.05, 0.1) is 10.3 Å². The Morgan fingerprint density at radius 3 is 2.58 bits per heavy atom. The lowest BCUT2D eigenvalue weighted by Gasteiger charge is -2.25. The van der Waals surface area contributed by atoms with Crippen LogP contribution in [0, 0.1) is 0 Å². The zero-order valence-electron chi connectivity index (χ0n) is 10.4. The first-order valence-electron chi connectivity index (χ1n) is 6.32. The van der Waals surface area contributed by atoms with Crippen LogP contribution in [0.2, 0.25) is 0 Å². The van der Waals surface area contributed by atoms with E-state index in [2.05, 4.69) is 4.99 Å². The van der Waals surface area contributed by atoms with Crippen molar-refractivity contribution in [3.05, 3.63) is 28.8 Å². The summed E-state index contributed by atoms with van der Waals surface area (Å²) in [5.41, 5.74) is 0. The van der Waals surface area contributed by atoms with Gasteiger partial charge in [0.1, 0.15) is 0 Å². The molecular weight excluding hydrogens is 264 g/mol. The van der Waals surface area contributed by atoms with Gasteiger partial charge in [0.25, 0.3) is 5.91 Å². The maximum atomic E-state index is 12.5. The van der Waals surface area contributed by atoms with Gasteiger partial charge in [0, 0.05) is 24.4 Å². The number of hydrogen-bond acceptors (Lipinski definition) is 3. The second kappa shape index (κ2) is 4.54. The number of carbonyl (C=O) groups excluding carboxylic acids is 1. The number of benzene rings is 1. The highest BCUT2D eigenvalue weighted by atomic mass is 32.2. The number of nitrogens with zero attached hydrogens (tertiary/aromatic N) is 2. The van der Waals surface area contributed by atoms with E-state index >= 15 is 0 Å². The highest BCUT2D eigenvalue weighted by Gasteiger charge is 2.26. The fourth-order valence-corrected chi connectivity index (χ4v) is 4.00. The fourth-order valence-electron chi connectivity index (χ4n) is 2.45. The van der Waals surface area contributed by atoms with Gasteiger partial charge in [-0.2, -0.15) is 4.31 Å². The highest BCUT2D eigenvalue weighted by Crippen LogP contribution is 2.18. The molecule has 2 aliphatic heterocycles. The summed E-state index contributed by atoms with van der Waals surface area (Å²) in [5.74, 6) is -0.331. The van der Waals surface area contributed by atoms with Crippen molar-refractivity contribution in [2.24, 2.45) is 4.99 Å². The number of carbonyl (C=O) groups is 1. The minimum absolute atomic E-state index is 0.245. The Balaban J connectivity index is 2.04. The molecule has 0 atom stereocenters. The van der Waals surface area contributed by atoms with E-state index in [0.717, 1.165) is 19.3 Å². The molecule has 1 saturated heterocycles. The van der Waals surface area contributed by atoms with Crippen molar-refractivity contribution in [3.8, 4) is 0 Å². The average Bonchev–Trinajstić information content (AvgIpc) is 2.78. The molecule has 1 aromatic carbocycles. The summed E-state index contributed by atoms with van der Waals surface area (Å²) in [6.45, 7) is 1.15. The van der Waals surface area contributed by atoms with Crippen LogP contribution in [0.25, 0.3) is 6.08 Å². The molecule has 3 rings (SSSR count). The van der Waals surface area contributed by atoms with E-state index in [-0.39, 0.29) is 10.8 Å². The molecule has 1 aromatic rings. The minimum Gasteiger partial charge on any atom is -0.267 e. The van der Waals surface area contributed by atoms with E-state index in [1.54, 1.807) is 6.07 Å². The van der Waals surface area contributed by atoms with Crippen LogP contribution >= 0.6 is 0 Å². The summed E-state index contributed by atoms with van der Waals surface area (Å²) in [6.07, 6.45) is 4.26. The molecular formula is C13H14N2O3S. The number of sulfonamides is 1. The van der Waals surface area contributed by atoms with E-state index in [1.165, 1.54) is 22.5 Å². The molecule has 2 heterocycles. The minimum atomic E-state index is -3.44. The van der Waals surface area contributed by atoms with Crippen molar-refractivity contribution in [1.29, 1.82) is 0 Å². The monoisotopic (exact) mass is 278 g/mol. The summed E-state index contributed by atoms with van der Waals surface area (Å²) >= 11 is 0. The molecule has 0 spiro atoms. The maximum Gasteiger partial charge on any atom is 0.270 e. The third kappa shape index (κ3) is 2.21. The molecule has 0 radical (unpaired) electrons. The Labute approximate surface area is 111 Å². The summed E-state index contributed by atoms with van der Waals surface area (Å²) in [4.78, 5) is 15.2. The molecule has 0 aromatic heterocycles. The first-order chi connectivity index (χ1) is 9.07. The van der Waals surface area contributed by atoms with Crippen LogP contribution in [0.15, 0.2) is 28.1 Å². The molecule has 6 heteroatoms. The lowest BCUT2D eigenvalue weighted by atomic mass is 10.2. The van der Waals surface area contributed by atoms with Crippen LogP contribution in [0.3, 0.4) is 0 Å². The molecule has 0 N–H and O–H groups in total. The second-order valence-corrected chi connectivity index (χ2v) is 6.72. The maximum absolute atomic E-state index is 12.5. The topological polar surface area (TPSA) is 66.8 Å². The predicted molar refractivity (Wildman–Crippen MR) is 69.3 cm³/mol. The highest BCUT2D eigenvalue weighted by molar-refractivity contribution is 7.89. The number of amides is 1. The van der Waals surface area contributed by atoms with E-state index in [9.17, 15) is 13.2 Å². The normalized spacial score (nSPS) is 19.7. The third-order valence-corrected chi connectivity index (χ3v) is 5.36. The van der Waals surface area contributed by atoms with Crippen molar-refractivity contribution in [2.75, 3.05) is 13.1 Å². The van der Waals surface area contributed by atoms with Crippen molar-refractivity contribution >= 4 is 22.0 Å². The molecule has 0 bridgehead atoms.